The lowest BCUT2D eigenvalue weighted by atomic mass is 10.1. The monoisotopic (exact) mass is 338 g/mol. The van der Waals surface area contributed by atoms with Gasteiger partial charge in [-0.3, -0.25) is 4.79 Å². The summed E-state index contributed by atoms with van der Waals surface area (Å²) in [5.41, 5.74) is -1.89. The van der Waals surface area contributed by atoms with Crippen LogP contribution in [-0.4, -0.2) is 10.2 Å². The molecule has 0 spiro atoms. The Labute approximate surface area is 132 Å². The third-order valence-electron chi connectivity index (χ3n) is 3.19. The quantitative estimate of drug-likeness (QED) is 0.690. The Hall–Kier alpha value is -3.16. The van der Waals surface area contributed by atoms with Crippen LogP contribution in [-0.2, 0) is 6.18 Å². The number of hydrogen-bond donors (Lipinski definition) is 2. The van der Waals surface area contributed by atoms with Gasteiger partial charge in [0.15, 0.2) is 11.3 Å². The molecule has 0 aliphatic carbocycles. The molecule has 0 saturated carbocycles. The van der Waals surface area contributed by atoms with Crippen LogP contribution in [0.2, 0.25) is 0 Å². The second kappa shape index (κ2) is 5.48. The second-order valence-corrected chi connectivity index (χ2v) is 4.81. The molecule has 0 radical (unpaired) electrons. The summed E-state index contributed by atoms with van der Waals surface area (Å²) in [5.74, 6) is -4.41. The molecular weight excluding hydrogens is 329 g/mol. The third kappa shape index (κ3) is 2.62. The van der Waals surface area contributed by atoms with Gasteiger partial charge in [-0.2, -0.15) is 13.2 Å². The second-order valence-electron chi connectivity index (χ2n) is 4.81. The van der Waals surface area contributed by atoms with Crippen molar-refractivity contribution in [3.63, 3.8) is 0 Å². The van der Waals surface area contributed by atoms with Crippen LogP contribution in [0.1, 0.15) is 5.76 Å². The van der Waals surface area contributed by atoms with E-state index in [1.807, 2.05) is 0 Å². The fourth-order valence-corrected chi connectivity index (χ4v) is 2.10. The molecule has 8 heteroatoms. The molecule has 5 nitrogen and oxygen atoms in total. The maximum absolute atomic E-state index is 13.2. The average molecular weight is 338 g/mol. The normalized spacial score (nSPS) is 11.6. The number of phenols is 2. The Kier molecular flexibility index (Phi) is 3.59. The number of halogens is 3. The van der Waals surface area contributed by atoms with Crippen LogP contribution in [0.25, 0.3) is 11.0 Å². The Morgan fingerprint density at radius 2 is 1.67 bits per heavy atom. The van der Waals surface area contributed by atoms with Crippen molar-refractivity contribution in [1.29, 1.82) is 0 Å². The van der Waals surface area contributed by atoms with Gasteiger partial charge >= 0.3 is 6.18 Å². The number of aromatic hydroxyl groups is 2. The van der Waals surface area contributed by atoms with E-state index in [1.165, 1.54) is 24.3 Å². The van der Waals surface area contributed by atoms with Gasteiger partial charge in [0.05, 0.1) is 5.39 Å². The van der Waals surface area contributed by atoms with Crippen LogP contribution in [0.15, 0.2) is 51.7 Å². The molecule has 124 valence electrons. The van der Waals surface area contributed by atoms with E-state index in [2.05, 4.69) is 4.42 Å². The predicted molar refractivity (Wildman–Crippen MR) is 77.3 cm³/mol. The molecule has 0 saturated heterocycles. The van der Waals surface area contributed by atoms with Gasteiger partial charge in [-0.05, 0) is 24.3 Å². The number of phenolic OH excluding ortho intramolecular Hbond substituents is 2. The molecule has 1 aromatic heterocycles. The first-order valence-electron chi connectivity index (χ1n) is 6.61. The fraction of sp³-hybridized carbons (Fsp3) is 0.0625. The van der Waals surface area contributed by atoms with Crippen LogP contribution in [0.4, 0.5) is 13.2 Å². The van der Waals surface area contributed by atoms with Gasteiger partial charge in [0.25, 0.3) is 5.76 Å². The van der Waals surface area contributed by atoms with Crippen molar-refractivity contribution < 1.29 is 32.5 Å². The Balaban J connectivity index is 2.33. The van der Waals surface area contributed by atoms with Gasteiger partial charge in [0, 0.05) is 0 Å². The maximum Gasteiger partial charge on any atom is 0.453 e. The molecule has 24 heavy (non-hydrogen) atoms. The Bertz CT molecular complexity index is 961. The minimum atomic E-state index is -5.05. The SMILES string of the molecule is O=c1c(Oc2ccccc2)c(C(F)(F)F)oc2c(O)c(O)ccc12. The summed E-state index contributed by atoms with van der Waals surface area (Å²) in [6.07, 6.45) is -5.05. The van der Waals surface area contributed by atoms with E-state index in [1.54, 1.807) is 6.07 Å². The molecule has 0 amide bonds. The van der Waals surface area contributed by atoms with Gasteiger partial charge < -0.3 is 19.4 Å². The predicted octanol–water partition coefficient (Wildman–Crippen LogP) is 4.02. The number of alkyl halides is 3. The van der Waals surface area contributed by atoms with E-state index in [9.17, 15) is 28.2 Å². The molecule has 0 unspecified atom stereocenters. The van der Waals surface area contributed by atoms with Crippen molar-refractivity contribution in [2.45, 2.75) is 6.18 Å². The largest absolute Gasteiger partial charge is 0.504 e. The van der Waals surface area contributed by atoms with Gasteiger partial charge in [-0.1, -0.05) is 18.2 Å². The molecule has 3 rings (SSSR count). The van der Waals surface area contributed by atoms with Gasteiger partial charge in [0.2, 0.25) is 16.9 Å². The number of ether oxygens (including phenoxy) is 1. The van der Waals surface area contributed by atoms with E-state index < -0.39 is 40.2 Å². The smallest absolute Gasteiger partial charge is 0.453 e. The minimum absolute atomic E-state index is 0.0117. The van der Waals surface area contributed by atoms with Gasteiger partial charge in [-0.15, -0.1) is 0 Å². The number of benzene rings is 2. The van der Waals surface area contributed by atoms with Crippen molar-refractivity contribution in [2.75, 3.05) is 0 Å². The van der Waals surface area contributed by atoms with E-state index in [-0.39, 0.29) is 11.1 Å². The molecule has 0 aliphatic heterocycles. The molecule has 0 fully saturated rings. The highest BCUT2D eigenvalue weighted by molar-refractivity contribution is 5.86. The number of rotatable bonds is 2. The molecule has 0 bridgehead atoms. The molecule has 1 heterocycles. The first kappa shape index (κ1) is 15.7. The Morgan fingerprint density at radius 3 is 2.29 bits per heavy atom. The highest BCUT2D eigenvalue weighted by Gasteiger charge is 2.41. The summed E-state index contributed by atoms with van der Waals surface area (Å²) >= 11 is 0. The fourth-order valence-electron chi connectivity index (χ4n) is 2.10. The number of fused-ring (bicyclic) bond motifs is 1. The molecule has 2 aromatic carbocycles. The summed E-state index contributed by atoms with van der Waals surface area (Å²) in [6.45, 7) is 0. The summed E-state index contributed by atoms with van der Waals surface area (Å²) in [7, 11) is 0. The highest BCUT2D eigenvalue weighted by atomic mass is 19.4. The summed E-state index contributed by atoms with van der Waals surface area (Å²) in [5, 5.41) is 18.7. The zero-order valence-corrected chi connectivity index (χ0v) is 11.8. The zero-order valence-electron chi connectivity index (χ0n) is 11.8. The zero-order chi connectivity index (χ0) is 17.5. The maximum atomic E-state index is 13.2. The van der Waals surface area contributed by atoms with Gasteiger partial charge in [0.1, 0.15) is 5.75 Å². The van der Waals surface area contributed by atoms with E-state index >= 15 is 0 Å². The third-order valence-corrected chi connectivity index (χ3v) is 3.19. The molecular formula is C16H9F3O5. The van der Waals surface area contributed by atoms with Crippen LogP contribution in [0.5, 0.6) is 23.0 Å². The van der Waals surface area contributed by atoms with Crippen molar-refractivity contribution in [3.05, 3.63) is 58.4 Å². The first-order valence-corrected chi connectivity index (χ1v) is 6.61. The molecule has 2 N–H and O–H groups in total. The van der Waals surface area contributed by atoms with E-state index in [4.69, 9.17) is 4.74 Å². The first-order chi connectivity index (χ1) is 11.3. The van der Waals surface area contributed by atoms with E-state index in [0.29, 0.717) is 0 Å². The number of para-hydroxylation sites is 1. The van der Waals surface area contributed by atoms with E-state index in [0.717, 1.165) is 12.1 Å². The van der Waals surface area contributed by atoms with Gasteiger partial charge in [-0.25, -0.2) is 0 Å². The van der Waals surface area contributed by atoms with Crippen molar-refractivity contribution >= 4 is 11.0 Å². The lowest BCUT2D eigenvalue weighted by molar-refractivity contribution is -0.154. The Morgan fingerprint density at radius 1 is 1.00 bits per heavy atom. The summed E-state index contributed by atoms with van der Waals surface area (Å²) in [6, 6.07) is 9.42. The molecule has 0 aliphatic rings. The lowest BCUT2D eigenvalue weighted by Gasteiger charge is -2.13. The summed E-state index contributed by atoms with van der Waals surface area (Å²) in [4.78, 5) is 12.4. The number of hydrogen-bond acceptors (Lipinski definition) is 5. The lowest BCUT2D eigenvalue weighted by Crippen LogP contribution is -2.15. The van der Waals surface area contributed by atoms with Crippen LogP contribution in [0, 0.1) is 0 Å². The standard InChI is InChI=1S/C16H9F3O5/c17-16(18,19)15-14(23-8-4-2-1-3-5-8)11(21)9-6-7-10(20)12(22)13(9)24-15/h1-7,20,22H. The minimum Gasteiger partial charge on any atom is -0.504 e. The van der Waals surface area contributed by atoms with Crippen LogP contribution < -0.4 is 10.2 Å². The average Bonchev–Trinajstić information content (AvgIpc) is 2.53. The molecule has 3 aromatic rings. The van der Waals surface area contributed by atoms with Crippen LogP contribution in [0.3, 0.4) is 0 Å². The topological polar surface area (TPSA) is 79.9 Å². The van der Waals surface area contributed by atoms with Crippen molar-refractivity contribution in [3.8, 4) is 23.0 Å². The van der Waals surface area contributed by atoms with Crippen molar-refractivity contribution in [2.24, 2.45) is 0 Å². The highest BCUT2D eigenvalue weighted by Crippen LogP contribution is 2.41. The van der Waals surface area contributed by atoms with Crippen LogP contribution >= 0.6 is 0 Å². The van der Waals surface area contributed by atoms with Crippen molar-refractivity contribution in [1.82, 2.24) is 0 Å². The molecule has 0 atom stereocenters. The summed E-state index contributed by atoms with van der Waals surface area (Å²) < 4.78 is 49.4.